The number of halogens is 1. The summed E-state index contributed by atoms with van der Waals surface area (Å²) in [6.07, 6.45) is 3.68. The van der Waals surface area contributed by atoms with Crippen LogP contribution in [0.3, 0.4) is 0 Å². The number of allylic oxidation sites excluding steroid dienone is 3. The summed E-state index contributed by atoms with van der Waals surface area (Å²) in [6, 6.07) is 3.40. The Morgan fingerprint density at radius 3 is 2.79 bits per heavy atom. The van der Waals surface area contributed by atoms with E-state index in [1.807, 2.05) is 13.8 Å². The number of phenols is 1. The molecule has 0 amide bonds. The topological polar surface area (TPSA) is 84.9 Å². The van der Waals surface area contributed by atoms with Gasteiger partial charge >= 0.3 is 5.97 Å². The number of esters is 1. The van der Waals surface area contributed by atoms with E-state index in [1.165, 1.54) is 7.11 Å². The van der Waals surface area contributed by atoms with Crippen molar-refractivity contribution in [1.82, 2.24) is 5.32 Å². The van der Waals surface area contributed by atoms with Crippen molar-refractivity contribution in [2.75, 3.05) is 13.7 Å². The van der Waals surface area contributed by atoms with Crippen LogP contribution in [-0.2, 0) is 14.3 Å². The standard InChI is InChI=1S/C22H26BrNO5/c1-4-5-9-29-22(27)18-12(2)24-15-7-6-8-16(25)20(15)19(18)13-10-14(23)21(26)17(11-13)28-3/h10-11,19,24,26H,4-9H2,1-3H3/t19-/m1/s1. The highest BCUT2D eigenvalue weighted by molar-refractivity contribution is 9.10. The molecule has 0 bridgehead atoms. The van der Waals surface area contributed by atoms with Crippen LogP contribution in [0.4, 0.5) is 0 Å². The normalized spacial score (nSPS) is 19.0. The fourth-order valence-corrected chi connectivity index (χ4v) is 4.35. The van der Waals surface area contributed by atoms with Crippen molar-refractivity contribution >= 4 is 27.7 Å². The molecule has 0 unspecified atom stereocenters. The van der Waals surface area contributed by atoms with Gasteiger partial charge in [0.2, 0.25) is 0 Å². The minimum absolute atomic E-state index is 0.0258. The molecule has 1 aliphatic heterocycles. The number of methoxy groups -OCH3 is 1. The van der Waals surface area contributed by atoms with Gasteiger partial charge in [0.25, 0.3) is 0 Å². The Balaban J connectivity index is 2.13. The zero-order chi connectivity index (χ0) is 21.1. The Morgan fingerprint density at radius 1 is 1.34 bits per heavy atom. The predicted molar refractivity (Wildman–Crippen MR) is 113 cm³/mol. The van der Waals surface area contributed by atoms with Gasteiger partial charge in [-0.2, -0.15) is 0 Å². The zero-order valence-electron chi connectivity index (χ0n) is 16.9. The number of hydrogen-bond acceptors (Lipinski definition) is 6. The van der Waals surface area contributed by atoms with Crippen molar-refractivity contribution in [3.63, 3.8) is 0 Å². The van der Waals surface area contributed by atoms with Crippen LogP contribution in [-0.4, -0.2) is 30.6 Å². The maximum Gasteiger partial charge on any atom is 0.336 e. The lowest BCUT2D eigenvalue weighted by molar-refractivity contribution is -0.139. The second kappa shape index (κ2) is 9.03. The maximum absolute atomic E-state index is 13.0. The fraction of sp³-hybridized carbons (Fsp3) is 0.455. The highest BCUT2D eigenvalue weighted by Gasteiger charge is 2.39. The molecule has 3 rings (SSSR count). The molecular weight excluding hydrogens is 438 g/mol. The van der Waals surface area contributed by atoms with Crippen LogP contribution in [0.15, 0.2) is 39.1 Å². The van der Waals surface area contributed by atoms with Crippen molar-refractivity contribution in [2.45, 2.75) is 51.9 Å². The van der Waals surface area contributed by atoms with Crippen LogP contribution < -0.4 is 10.1 Å². The second-order valence-electron chi connectivity index (χ2n) is 7.31. The molecule has 29 heavy (non-hydrogen) atoms. The van der Waals surface area contributed by atoms with E-state index < -0.39 is 11.9 Å². The molecule has 0 radical (unpaired) electrons. The average molecular weight is 464 g/mol. The Hall–Kier alpha value is -2.28. The number of ether oxygens (including phenoxy) is 2. The molecule has 0 aromatic heterocycles. The van der Waals surface area contributed by atoms with Crippen molar-refractivity contribution in [3.8, 4) is 11.5 Å². The van der Waals surface area contributed by atoms with E-state index in [2.05, 4.69) is 21.2 Å². The van der Waals surface area contributed by atoms with E-state index in [0.29, 0.717) is 39.9 Å². The fourth-order valence-electron chi connectivity index (χ4n) is 3.89. The van der Waals surface area contributed by atoms with Gasteiger partial charge in [0.15, 0.2) is 17.3 Å². The molecule has 1 heterocycles. The molecule has 1 aliphatic carbocycles. The molecule has 1 aromatic rings. The summed E-state index contributed by atoms with van der Waals surface area (Å²) >= 11 is 3.35. The first-order chi connectivity index (χ1) is 13.9. The van der Waals surface area contributed by atoms with E-state index in [9.17, 15) is 14.7 Å². The highest BCUT2D eigenvalue weighted by atomic mass is 79.9. The second-order valence-corrected chi connectivity index (χ2v) is 8.16. The molecule has 6 nitrogen and oxygen atoms in total. The third-order valence-corrected chi connectivity index (χ3v) is 5.94. The lowest BCUT2D eigenvalue weighted by Gasteiger charge is -2.34. The van der Waals surface area contributed by atoms with Gasteiger partial charge in [-0.1, -0.05) is 13.3 Å². The molecule has 1 atom stereocenters. The number of rotatable bonds is 6. The maximum atomic E-state index is 13.0. The third-order valence-electron chi connectivity index (χ3n) is 5.33. The van der Waals surface area contributed by atoms with Crippen LogP contribution in [0, 0.1) is 0 Å². The van der Waals surface area contributed by atoms with E-state index in [4.69, 9.17) is 9.47 Å². The lowest BCUT2D eigenvalue weighted by Crippen LogP contribution is -2.34. The van der Waals surface area contributed by atoms with Crippen LogP contribution in [0.5, 0.6) is 11.5 Å². The first-order valence-corrected chi connectivity index (χ1v) is 10.7. The molecule has 156 valence electrons. The molecular formula is C22H26BrNO5. The van der Waals surface area contributed by atoms with Crippen LogP contribution in [0.1, 0.15) is 57.4 Å². The van der Waals surface area contributed by atoms with Crippen molar-refractivity contribution in [1.29, 1.82) is 0 Å². The average Bonchev–Trinajstić information content (AvgIpc) is 2.69. The largest absolute Gasteiger partial charge is 0.503 e. The van der Waals surface area contributed by atoms with Gasteiger partial charge in [-0.25, -0.2) is 4.79 Å². The Bertz CT molecular complexity index is 903. The van der Waals surface area contributed by atoms with E-state index >= 15 is 0 Å². The monoisotopic (exact) mass is 463 g/mol. The molecule has 1 aromatic carbocycles. The molecule has 7 heteroatoms. The number of ketones is 1. The number of Topliss-reactive ketones (excluding diaryl/α,β-unsaturated/α-hetero) is 1. The molecule has 2 aliphatic rings. The summed E-state index contributed by atoms with van der Waals surface area (Å²) in [7, 11) is 1.46. The number of dihydropyridines is 1. The highest BCUT2D eigenvalue weighted by Crippen LogP contribution is 2.46. The summed E-state index contributed by atoms with van der Waals surface area (Å²) in [6.45, 7) is 4.20. The summed E-state index contributed by atoms with van der Waals surface area (Å²) in [4.78, 5) is 25.9. The van der Waals surface area contributed by atoms with Gasteiger partial charge in [-0.05, 0) is 59.8 Å². The van der Waals surface area contributed by atoms with Gasteiger partial charge in [-0.15, -0.1) is 0 Å². The van der Waals surface area contributed by atoms with Gasteiger partial charge in [0, 0.05) is 29.3 Å². The van der Waals surface area contributed by atoms with Crippen molar-refractivity contribution < 1.29 is 24.2 Å². The molecule has 0 saturated heterocycles. The van der Waals surface area contributed by atoms with Gasteiger partial charge < -0.3 is 19.9 Å². The lowest BCUT2D eigenvalue weighted by atomic mass is 9.75. The molecule has 2 N–H and O–H groups in total. The summed E-state index contributed by atoms with van der Waals surface area (Å²) in [5.74, 6) is -0.726. The summed E-state index contributed by atoms with van der Waals surface area (Å²) in [5, 5.41) is 13.5. The summed E-state index contributed by atoms with van der Waals surface area (Å²) in [5.41, 5.74) is 3.27. The molecule has 0 spiro atoms. The first kappa shape index (κ1) is 21.4. The summed E-state index contributed by atoms with van der Waals surface area (Å²) < 4.78 is 11.2. The zero-order valence-corrected chi connectivity index (χ0v) is 18.5. The first-order valence-electron chi connectivity index (χ1n) is 9.86. The number of unbranched alkanes of at least 4 members (excludes halogenated alkanes) is 1. The van der Waals surface area contributed by atoms with Crippen LogP contribution in [0.2, 0.25) is 0 Å². The minimum atomic E-state index is -0.570. The Kier molecular flexibility index (Phi) is 6.67. The van der Waals surface area contributed by atoms with Gasteiger partial charge in [0.1, 0.15) is 0 Å². The molecule has 0 fully saturated rings. The van der Waals surface area contributed by atoms with Crippen molar-refractivity contribution in [3.05, 3.63) is 44.7 Å². The van der Waals surface area contributed by atoms with Gasteiger partial charge in [0.05, 0.1) is 23.8 Å². The quantitative estimate of drug-likeness (QED) is 0.477. The Labute approximate surface area is 179 Å². The molecule has 0 saturated carbocycles. The van der Waals surface area contributed by atoms with E-state index in [1.54, 1.807) is 12.1 Å². The van der Waals surface area contributed by atoms with Crippen molar-refractivity contribution in [2.24, 2.45) is 0 Å². The van der Waals surface area contributed by atoms with E-state index in [0.717, 1.165) is 31.4 Å². The minimum Gasteiger partial charge on any atom is -0.503 e. The smallest absolute Gasteiger partial charge is 0.336 e. The number of phenolic OH excluding ortho intramolecular Hbond substituents is 1. The predicted octanol–water partition coefficient (Wildman–Crippen LogP) is 4.47. The number of nitrogens with one attached hydrogen (secondary N) is 1. The third kappa shape index (κ3) is 4.20. The number of carbonyl (C=O) groups excluding carboxylic acids is 2. The Morgan fingerprint density at radius 2 is 2.10 bits per heavy atom. The van der Waals surface area contributed by atoms with Gasteiger partial charge in [-0.3, -0.25) is 4.79 Å². The SMILES string of the molecule is CCCCOC(=O)C1=C(C)NC2=C(C(=O)CCC2)[C@@H]1c1cc(Br)c(O)c(OC)c1. The van der Waals surface area contributed by atoms with Crippen LogP contribution >= 0.6 is 15.9 Å². The van der Waals surface area contributed by atoms with E-state index in [-0.39, 0.29) is 17.3 Å². The number of aromatic hydroxyl groups is 1. The number of hydrogen-bond donors (Lipinski definition) is 2. The van der Waals surface area contributed by atoms with Crippen LogP contribution in [0.25, 0.3) is 0 Å². The number of carbonyl (C=O) groups is 2. The number of benzene rings is 1.